The molecule has 0 spiro atoms. The smallest absolute Gasteiger partial charge is 0.178 e. The van der Waals surface area contributed by atoms with Crippen molar-refractivity contribution >= 4 is 29.3 Å². The Morgan fingerprint density at radius 1 is 1.20 bits per heavy atom. The molecule has 0 saturated heterocycles. The van der Waals surface area contributed by atoms with Gasteiger partial charge in [-0.1, -0.05) is 18.2 Å². The number of carbonyl (C=O) groups excluding carboxylic acids is 1. The Labute approximate surface area is 123 Å². The molecule has 0 aliphatic rings. The van der Waals surface area contributed by atoms with Crippen molar-refractivity contribution in [1.82, 2.24) is 0 Å². The van der Waals surface area contributed by atoms with Crippen molar-refractivity contribution in [3.05, 3.63) is 63.9 Å². The van der Waals surface area contributed by atoms with Crippen LogP contribution < -0.4 is 4.74 Å². The first-order valence-corrected chi connectivity index (χ1v) is 7.15. The van der Waals surface area contributed by atoms with Crippen LogP contribution in [0.2, 0.25) is 0 Å². The molecule has 20 heavy (non-hydrogen) atoms. The van der Waals surface area contributed by atoms with E-state index < -0.39 is 0 Å². The molecular weight excluding hydrogens is 268 g/mol. The molecular formula is C17H16O2S. The Morgan fingerprint density at radius 3 is 2.70 bits per heavy atom. The fourth-order valence-corrected chi connectivity index (χ4v) is 2.51. The lowest BCUT2D eigenvalue weighted by Crippen LogP contribution is -1.86. The Morgan fingerprint density at radius 2 is 2.00 bits per heavy atom. The summed E-state index contributed by atoms with van der Waals surface area (Å²) >= 11 is 1.63. The minimum absolute atomic E-state index is 0.0272. The SMILES string of the molecule is COc1cccc(/C=C/C(=O)/C=C/c2sccc2C)c1. The zero-order valence-electron chi connectivity index (χ0n) is 11.5. The Balaban J connectivity index is 2.02. The summed E-state index contributed by atoms with van der Waals surface area (Å²) in [4.78, 5) is 12.9. The highest BCUT2D eigenvalue weighted by Gasteiger charge is 1.96. The fourth-order valence-electron chi connectivity index (χ4n) is 1.69. The second-order valence-corrected chi connectivity index (χ2v) is 5.26. The summed E-state index contributed by atoms with van der Waals surface area (Å²) in [6.45, 7) is 2.03. The van der Waals surface area contributed by atoms with E-state index in [9.17, 15) is 4.79 Å². The first-order valence-electron chi connectivity index (χ1n) is 6.27. The fraction of sp³-hybridized carbons (Fsp3) is 0.118. The molecule has 0 aliphatic carbocycles. The monoisotopic (exact) mass is 284 g/mol. The van der Waals surface area contributed by atoms with Crippen molar-refractivity contribution in [2.75, 3.05) is 7.11 Å². The van der Waals surface area contributed by atoms with E-state index in [0.29, 0.717) is 0 Å². The number of hydrogen-bond acceptors (Lipinski definition) is 3. The highest BCUT2D eigenvalue weighted by Crippen LogP contribution is 2.17. The van der Waals surface area contributed by atoms with E-state index in [2.05, 4.69) is 0 Å². The van der Waals surface area contributed by atoms with Gasteiger partial charge >= 0.3 is 0 Å². The summed E-state index contributed by atoms with van der Waals surface area (Å²) < 4.78 is 5.14. The summed E-state index contributed by atoms with van der Waals surface area (Å²) in [6, 6.07) is 9.63. The topological polar surface area (TPSA) is 26.3 Å². The maximum Gasteiger partial charge on any atom is 0.178 e. The van der Waals surface area contributed by atoms with Crippen molar-refractivity contribution in [3.8, 4) is 5.75 Å². The van der Waals surface area contributed by atoms with Crippen LogP contribution in [0.15, 0.2) is 47.9 Å². The third-order valence-electron chi connectivity index (χ3n) is 2.83. The normalized spacial score (nSPS) is 11.3. The van der Waals surface area contributed by atoms with Crippen molar-refractivity contribution in [2.45, 2.75) is 6.92 Å². The van der Waals surface area contributed by atoms with Gasteiger partial charge in [-0.25, -0.2) is 0 Å². The number of methoxy groups -OCH3 is 1. The van der Waals surface area contributed by atoms with E-state index in [1.165, 1.54) is 5.56 Å². The van der Waals surface area contributed by atoms with Gasteiger partial charge in [0, 0.05) is 4.88 Å². The number of ether oxygens (including phenoxy) is 1. The number of rotatable bonds is 5. The molecule has 3 heteroatoms. The predicted octanol–water partition coefficient (Wildman–Crippen LogP) is 4.36. The summed E-state index contributed by atoms with van der Waals surface area (Å²) in [5.41, 5.74) is 2.13. The van der Waals surface area contributed by atoms with Crippen LogP contribution >= 0.6 is 11.3 Å². The van der Waals surface area contributed by atoms with Crippen LogP contribution in [-0.4, -0.2) is 12.9 Å². The Kier molecular flexibility index (Phi) is 4.91. The molecule has 0 N–H and O–H groups in total. The Bertz CT molecular complexity index is 651. The third kappa shape index (κ3) is 3.93. The molecule has 0 saturated carbocycles. The lowest BCUT2D eigenvalue weighted by atomic mass is 10.2. The summed E-state index contributed by atoms with van der Waals surface area (Å²) in [7, 11) is 1.63. The van der Waals surface area contributed by atoms with E-state index in [1.807, 2.05) is 48.7 Å². The summed E-state index contributed by atoms with van der Waals surface area (Å²) in [5, 5.41) is 2.02. The molecule has 2 nitrogen and oxygen atoms in total. The highest BCUT2D eigenvalue weighted by molar-refractivity contribution is 7.11. The van der Waals surface area contributed by atoms with Crippen LogP contribution in [-0.2, 0) is 4.79 Å². The first kappa shape index (κ1) is 14.3. The highest BCUT2D eigenvalue weighted by atomic mass is 32.1. The van der Waals surface area contributed by atoms with Crippen LogP contribution in [0.25, 0.3) is 12.2 Å². The average Bonchev–Trinajstić information content (AvgIpc) is 2.88. The minimum atomic E-state index is -0.0272. The molecule has 1 heterocycles. The molecule has 2 aromatic rings. The lowest BCUT2D eigenvalue weighted by molar-refractivity contribution is -0.110. The molecule has 102 valence electrons. The minimum Gasteiger partial charge on any atom is -0.497 e. The van der Waals surface area contributed by atoms with E-state index in [4.69, 9.17) is 4.74 Å². The van der Waals surface area contributed by atoms with E-state index in [1.54, 1.807) is 36.7 Å². The maximum atomic E-state index is 11.8. The van der Waals surface area contributed by atoms with Gasteiger partial charge in [0.05, 0.1) is 7.11 Å². The van der Waals surface area contributed by atoms with Crippen LogP contribution in [0.1, 0.15) is 16.0 Å². The number of thiophene rings is 1. The predicted molar refractivity (Wildman–Crippen MR) is 85.1 cm³/mol. The van der Waals surface area contributed by atoms with Crippen molar-refractivity contribution < 1.29 is 9.53 Å². The number of ketones is 1. The van der Waals surface area contributed by atoms with Gasteiger partial charge in [0.2, 0.25) is 0 Å². The maximum absolute atomic E-state index is 11.8. The lowest BCUT2D eigenvalue weighted by Gasteiger charge is -1.99. The Hall–Kier alpha value is -2.13. The van der Waals surface area contributed by atoms with E-state index >= 15 is 0 Å². The number of hydrogen-bond donors (Lipinski definition) is 0. The van der Waals surface area contributed by atoms with Crippen molar-refractivity contribution in [2.24, 2.45) is 0 Å². The van der Waals surface area contributed by atoms with Gasteiger partial charge in [0.1, 0.15) is 5.75 Å². The van der Waals surface area contributed by atoms with Gasteiger partial charge in [0.15, 0.2) is 5.78 Å². The standard InChI is InChI=1S/C17H16O2S/c1-13-10-11-20-17(13)9-8-15(18)7-6-14-4-3-5-16(12-14)19-2/h3-12H,1-2H3/b7-6+,9-8+. The number of allylic oxidation sites excluding steroid dienone is 2. The van der Waals surface area contributed by atoms with Crippen molar-refractivity contribution in [1.29, 1.82) is 0 Å². The average molecular weight is 284 g/mol. The molecule has 2 rings (SSSR count). The molecule has 0 unspecified atom stereocenters. The summed E-state index contributed by atoms with van der Waals surface area (Å²) in [5.74, 6) is 0.755. The molecule has 1 aromatic heterocycles. The number of benzene rings is 1. The van der Waals surface area contributed by atoms with Gasteiger partial charge < -0.3 is 4.74 Å². The summed E-state index contributed by atoms with van der Waals surface area (Å²) in [6.07, 6.45) is 6.80. The van der Waals surface area contributed by atoms with Crippen molar-refractivity contribution in [3.63, 3.8) is 0 Å². The molecule has 0 fully saturated rings. The number of carbonyl (C=O) groups is 1. The second-order valence-electron chi connectivity index (χ2n) is 4.31. The van der Waals surface area contributed by atoms with Gasteiger partial charge in [-0.3, -0.25) is 4.79 Å². The zero-order valence-corrected chi connectivity index (χ0v) is 12.3. The molecule has 0 bridgehead atoms. The third-order valence-corrected chi connectivity index (χ3v) is 3.82. The van der Waals surface area contributed by atoms with Gasteiger partial charge in [-0.15, -0.1) is 11.3 Å². The van der Waals surface area contributed by atoms with E-state index in [0.717, 1.165) is 16.2 Å². The molecule has 0 aliphatic heterocycles. The second kappa shape index (κ2) is 6.87. The van der Waals surface area contributed by atoms with Crippen LogP contribution in [0.5, 0.6) is 5.75 Å². The van der Waals surface area contributed by atoms with Crippen LogP contribution in [0, 0.1) is 6.92 Å². The largest absolute Gasteiger partial charge is 0.497 e. The first-order chi connectivity index (χ1) is 9.69. The van der Waals surface area contributed by atoms with Gasteiger partial charge in [-0.2, -0.15) is 0 Å². The van der Waals surface area contributed by atoms with Gasteiger partial charge in [-0.05, 0) is 59.9 Å². The quantitative estimate of drug-likeness (QED) is 0.762. The number of aryl methyl sites for hydroxylation is 1. The van der Waals surface area contributed by atoms with Gasteiger partial charge in [0.25, 0.3) is 0 Å². The van der Waals surface area contributed by atoms with Crippen LogP contribution in [0.3, 0.4) is 0 Å². The zero-order chi connectivity index (χ0) is 14.4. The molecule has 0 atom stereocenters. The molecule has 0 amide bonds. The van der Waals surface area contributed by atoms with Crippen LogP contribution in [0.4, 0.5) is 0 Å². The van der Waals surface area contributed by atoms with E-state index in [-0.39, 0.29) is 5.78 Å². The molecule has 0 radical (unpaired) electrons. The molecule has 1 aromatic carbocycles.